The molecule has 0 saturated carbocycles. The fourth-order valence-electron chi connectivity index (χ4n) is 0.713. The number of carbonyl (C=O) groups excluding carboxylic acids is 1. The average Bonchev–Trinajstić information content (AvgIpc) is 2.33. The fourth-order valence-corrected chi connectivity index (χ4v) is 1.50. The first kappa shape index (κ1) is 7.24. The molecule has 1 heterocycles. The highest BCUT2D eigenvalue weighted by molar-refractivity contribution is 7.12. The Morgan fingerprint density at radius 3 is 2.80 bits per heavy atom. The highest BCUT2D eigenvalue weighted by Gasteiger charge is 2.06. The molecule has 0 aliphatic carbocycles. The van der Waals surface area contributed by atoms with E-state index < -0.39 is 5.91 Å². The molecule has 0 bridgehead atoms. The molecule has 4 heteroatoms. The highest BCUT2D eigenvalue weighted by Crippen LogP contribution is 2.14. The van der Waals surface area contributed by atoms with Crippen LogP contribution in [0.4, 0.5) is 0 Å². The largest absolute Gasteiger partial charge is 0.365 e. The van der Waals surface area contributed by atoms with Crippen molar-refractivity contribution in [1.29, 1.82) is 0 Å². The molecule has 0 unspecified atom stereocenters. The Labute approximate surface area is 62.6 Å². The van der Waals surface area contributed by atoms with E-state index in [4.69, 9.17) is 11.5 Å². The van der Waals surface area contributed by atoms with E-state index in [1.54, 1.807) is 0 Å². The lowest BCUT2D eigenvalue weighted by molar-refractivity contribution is 0.100. The van der Waals surface area contributed by atoms with Gasteiger partial charge < -0.3 is 11.5 Å². The molecule has 1 amide bonds. The summed E-state index contributed by atoms with van der Waals surface area (Å²) in [5, 5.41) is 1.81. The van der Waals surface area contributed by atoms with Crippen molar-refractivity contribution in [2.24, 2.45) is 11.5 Å². The average molecular weight is 156 g/mol. The monoisotopic (exact) mass is 156 g/mol. The molecule has 0 atom stereocenters. The molecule has 0 saturated heterocycles. The van der Waals surface area contributed by atoms with Crippen LogP contribution in [0, 0.1) is 0 Å². The molecule has 0 radical (unpaired) electrons. The zero-order chi connectivity index (χ0) is 7.56. The van der Waals surface area contributed by atoms with Crippen molar-refractivity contribution < 1.29 is 4.79 Å². The number of thiophene rings is 1. The Bertz CT molecular complexity index is 244. The fraction of sp³-hybridized carbons (Fsp3) is 0.167. The van der Waals surface area contributed by atoms with Crippen LogP contribution in [-0.4, -0.2) is 5.91 Å². The summed E-state index contributed by atoms with van der Waals surface area (Å²) in [6.45, 7) is 0.377. The van der Waals surface area contributed by atoms with E-state index in [-0.39, 0.29) is 0 Å². The van der Waals surface area contributed by atoms with E-state index >= 15 is 0 Å². The van der Waals surface area contributed by atoms with E-state index in [0.717, 1.165) is 5.56 Å². The minimum absolute atomic E-state index is 0.377. The predicted octanol–water partition coefficient (Wildman–Crippen LogP) is 0.306. The van der Waals surface area contributed by atoms with Gasteiger partial charge in [-0.3, -0.25) is 4.79 Å². The van der Waals surface area contributed by atoms with Gasteiger partial charge in [0.1, 0.15) is 0 Å². The van der Waals surface area contributed by atoms with Crippen LogP contribution in [0.2, 0.25) is 0 Å². The molecule has 0 aliphatic heterocycles. The Morgan fingerprint density at radius 1 is 1.70 bits per heavy atom. The number of carbonyl (C=O) groups is 1. The molecule has 1 aromatic heterocycles. The van der Waals surface area contributed by atoms with Crippen molar-refractivity contribution in [3.63, 3.8) is 0 Å². The van der Waals surface area contributed by atoms with E-state index in [9.17, 15) is 4.79 Å². The zero-order valence-corrected chi connectivity index (χ0v) is 6.15. The van der Waals surface area contributed by atoms with Gasteiger partial charge >= 0.3 is 0 Å². The first-order valence-corrected chi connectivity index (χ1v) is 3.70. The molecule has 0 fully saturated rings. The first-order valence-electron chi connectivity index (χ1n) is 2.82. The molecule has 0 aromatic carbocycles. The summed E-state index contributed by atoms with van der Waals surface area (Å²) < 4.78 is 0. The summed E-state index contributed by atoms with van der Waals surface area (Å²) in [4.78, 5) is 11.2. The van der Waals surface area contributed by atoms with Gasteiger partial charge in [-0.25, -0.2) is 0 Å². The zero-order valence-electron chi connectivity index (χ0n) is 5.33. The van der Waals surface area contributed by atoms with Gasteiger partial charge in [0.15, 0.2) is 0 Å². The second-order valence-electron chi connectivity index (χ2n) is 1.84. The van der Waals surface area contributed by atoms with Crippen LogP contribution in [0.15, 0.2) is 11.4 Å². The van der Waals surface area contributed by atoms with Crippen LogP contribution in [0.3, 0.4) is 0 Å². The number of nitrogens with two attached hydrogens (primary N) is 2. The summed E-state index contributed by atoms with van der Waals surface area (Å²) in [5.74, 6) is -0.393. The van der Waals surface area contributed by atoms with Crippen LogP contribution < -0.4 is 11.5 Å². The van der Waals surface area contributed by atoms with Crippen molar-refractivity contribution in [2.75, 3.05) is 0 Å². The van der Waals surface area contributed by atoms with Gasteiger partial charge in [0.2, 0.25) is 0 Å². The van der Waals surface area contributed by atoms with Gasteiger partial charge in [-0.15, -0.1) is 11.3 Å². The summed E-state index contributed by atoms with van der Waals surface area (Å²) in [5.41, 5.74) is 11.2. The third-order valence-electron chi connectivity index (χ3n) is 1.19. The second-order valence-corrected chi connectivity index (χ2v) is 2.76. The van der Waals surface area contributed by atoms with Crippen molar-refractivity contribution in [3.8, 4) is 0 Å². The Kier molecular flexibility index (Phi) is 2.03. The molecule has 54 valence electrons. The Hall–Kier alpha value is -0.870. The molecule has 4 N–H and O–H groups in total. The third-order valence-corrected chi connectivity index (χ3v) is 2.16. The quantitative estimate of drug-likeness (QED) is 0.646. The molecular weight excluding hydrogens is 148 g/mol. The Morgan fingerprint density at radius 2 is 2.40 bits per heavy atom. The summed E-state index contributed by atoms with van der Waals surface area (Å²) in [7, 11) is 0. The van der Waals surface area contributed by atoms with E-state index in [0.29, 0.717) is 11.4 Å². The van der Waals surface area contributed by atoms with Crippen molar-refractivity contribution in [2.45, 2.75) is 6.54 Å². The SMILES string of the molecule is NCc1ccsc1C(N)=O. The lowest BCUT2D eigenvalue weighted by Crippen LogP contribution is -2.12. The van der Waals surface area contributed by atoms with E-state index in [2.05, 4.69) is 0 Å². The van der Waals surface area contributed by atoms with Crippen LogP contribution in [-0.2, 0) is 6.54 Å². The molecule has 10 heavy (non-hydrogen) atoms. The maximum Gasteiger partial charge on any atom is 0.259 e. The number of hydrogen-bond donors (Lipinski definition) is 2. The second kappa shape index (κ2) is 2.81. The van der Waals surface area contributed by atoms with Crippen LogP contribution in [0.1, 0.15) is 15.2 Å². The lowest BCUT2D eigenvalue weighted by Gasteiger charge is -1.92. The smallest absolute Gasteiger partial charge is 0.259 e. The molecule has 0 spiro atoms. The summed E-state index contributed by atoms with van der Waals surface area (Å²) in [6, 6.07) is 1.81. The molecule has 3 nitrogen and oxygen atoms in total. The minimum atomic E-state index is -0.393. The minimum Gasteiger partial charge on any atom is -0.365 e. The number of primary amides is 1. The first-order chi connectivity index (χ1) is 4.75. The molecule has 0 aliphatic rings. The summed E-state index contributed by atoms with van der Waals surface area (Å²) in [6.07, 6.45) is 0. The number of hydrogen-bond acceptors (Lipinski definition) is 3. The molecule has 1 rings (SSSR count). The van der Waals surface area contributed by atoms with Gasteiger partial charge in [0.05, 0.1) is 4.88 Å². The van der Waals surface area contributed by atoms with Gasteiger partial charge in [0, 0.05) is 6.54 Å². The van der Waals surface area contributed by atoms with Crippen LogP contribution >= 0.6 is 11.3 Å². The van der Waals surface area contributed by atoms with Crippen molar-refractivity contribution >= 4 is 17.2 Å². The topological polar surface area (TPSA) is 69.1 Å². The Balaban J connectivity index is 3.01. The predicted molar refractivity (Wildman–Crippen MR) is 40.7 cm³/mol. The van der Waals surface area contributed by atoms with E-state index in [1.165, 1.54) is 11.3 Å². The molecule has 1 aromatic rings. The maximum atomic E-state index is 10.6. The van der Waals surface area contributed by atoms with Crippen molar-refractivity contribution in [3.05, 3.63) is 21.9 Å². The number of amides is 1. The van der Waals surface area contributed by atoms with Crippen LogP contribution in [0.25, 0.3) is 0 Å². The summed E-state index contributed by atoms with van der Waals surface area (Å²) >= 11 is 1.33. The van der Waals surface area contributed by atoms with Gasteiger partial charge in [-0.05, 0) is 17.0 Å². The standard InChI is InChI=1S/C6H8N2OS/c7-3-4-1-2-10-5(4)6(8)9/h1-2H,3,7H2,(H2,8,9). The highest BCUT2D eigenvalue weighted by atomic mass is 32.1. The molecular formula is C6H8N2OS. The van der Waals surface area contributed by atoms with Crippen LogP contribution in [0.5, 0.6) is 0 Å². The third kappa shape index (κ3) is 1.17. The van der Waals surface area contributed by atoms with Crippen molar-refractivity contribution in [1.82, 2.24) is 0 Å². The number of rotatable bonds is 2. The lowest BCUT2D eigenvalue weighted by atomic mass is 10.2. The normalized spacial score (nSPS) is 9.70. The maximum absolute atomic E-state index is 10.6. The van der Waals surface area contributed by atoms with Gasteiger partial charge in [-0.2, -0.15) is 0 Å². The van der Waals surface area contributed by atoms with Gasteiger partial charge in [0.25, 0.3) is 5.91 Å². The van der Waals surface area contributed by atoms with E-state index in [1.807, 2.05) is 11.4 Å². The van der Waals surface area contributed by atoms with Gasteiger partial charge in [-0.1, -0.05) is 0 Å².